The summed E-state index contributed by atoms with van der Waals surface area (Å²) in [7, 11) is 0. The van der Waals surface area contributed by atoms with Gasteiger partial charge in [0.15, 0.2) is 0 Å². The van der Waals surface area contributed by atoms with Crippen molar-refractivity contribution in [3.05, 3.63) is 70.8 Å². The van der Waals surface area contributed by atoms with Crippen molar-refractivity contribution < 1.29 is 24.5 Å². The van der Waals surface area contributed by atoms with Crippen LogP contribution >= 0.6 is 0 Å². The molecule has 1 aliphatic heterocycles. The molecule has 3 rings (SSSR count). The second-order valence-corrected chi connectivity index (χ2v) is 6.99. The van der Waals surface area contributed by atoms with Gasteiger partial charge in [0.05, 0.1) is 19.3 Å². The van der Waals surface area contributed by atoms with E-state index in [-0.39, 0.29) is 0 Å². The summed E-state index contributed by atoms with van der Waals surface area (Å²) in [4.78, 5) is 22.7. The van der Waals surface area contributed by atoms with Gasteiger partial charge in [0.2, 0.25) is 0 Å². The molecule has 2 aromatic carbocycles. The zero-order valence-corrected chi connectivity index (χ0v) is 17.3. The van der Waals surface area contributed by atoms with Gasteiger partial charge in [-0.15, -0.1) is 0 Å². The number of carboxylic acid groups (broad SMARTS) is 2. The van der Waals surface area contributed by atoms with E-state index >= 15 is 0 Å². The summed E-state index contributed by atoms with van der Waals surface area (Å²) in [5.74, 6) is -2.63. The molecule has 0 amide bonds. The van der Waals surface area contributed by atoms with Crippen molar-refractivity contribution in [2.24, 2.45) is 4.99 Å². The van der Waals surface area contributed by atoms with E-state index in [0.29, 0.717) is 12.7 Å². The quantitative estimate of drug-likeness (QED) is 0.603. The first-order valence-electron chi connectivity index (χ1n) is 9.92. The van der Waals surface area contributed by atoms with Crippen molar-refractivity contribution >= 4 is 17.8 Å². The zero-order chi connectivity index (χ0) is 21.9. The Morgan fingerprint density at radius 2 is 1.53 bits per heavy atom. The van der Waals surface area contributed by atoms with E-state index in [1.807, 2.05) is 0 Å². The largest absolute Gasteiger partial charge is 0.473 e. The molecule has 1 aliphatic rings. The molecule has 1 atom stereocenters. The number of hydrogen-bond acceptors (Lipinski definition) is 5. The molecule has 7 nitrogen and oxygen atoms in total. The van der Waals surface area contributed by atoms with Crippen LogP contribution in [0.15, 0.2) is 53.5 Å². The lowest BCUT2D eigenvalue weighted by atomic mass is 10.0. The lowest BCUT2D eigenvalue weighted by Crippen LogP contribution is -2.19. The highest BCUT2D eigenvalue weighted by Crippen LogP contribution is 2.14. The van der Waals surface area contributed by atoms with E-state index in [4.69, 9.17) is 24.5 Å². The fourth-order valence-corrected chi connectivity index (χ4v) is 2.72. The molecule has 7 heteroatoms. The normalized spacial score (nSPS) is 13.5. The minimum absolute atomic E-state index is 0.321. The van der Waals surface area contributed by atoms with Crippen LogP contribution in [0.3, 0.4) is 0 Å². The third-order valence-corrected chi connectivity index (χ3v) is 4.63. The van der Waals surface area contributed by atoms with Crippen molar-refractivity contribution in [1.82, 2.24) is 5.32 Å². The topological polar surface area (TPSA) is 108 Å². The van der Waals surface area contributed by atoms with E-state index in [0.717, 1.165) is 31.8 Å². The molecule has 0 aromatic heterocycles. The average molecular weight is 412 g/mol. The van der Waals surface area contributed by atoms with Crippen molar-refractivity contribution in [3.8, 4) is 0 Å². The Balaban J connectivity index is 0.000000469. The second-order valence-electron chi connectivity index (χ2n) is 6.99. The van der Waals surface area contributed by atoms with Crippen molar-refractivity contribution in [1.29, 1.82) is 0 Å². The number of aliphatic carboxylic acids is 2. The van der Waals surface area contributed by atoms with Gasteiger partial charge in [0, 0.05) is 12.1 Å². The first-order chi connectivity index (χ1) is 14.4. The molecule has 0 fully saturated rings. The maximum absolute atomic E-state index is 9.10. The maximum atomic E-state index is 9.10. The SMILES string of the molecule is CCC(C)OCc1ccc(Cc2ccc(C3=NCCN3)cc2)cc1.O=C(O)C(=O)O. The number of nitrogens with one attached hydrogen (secondary N) is 1. The Morgan fingerprint density at radius 3 is 2.00 bits per heavy atom. The van der Waals surface area contributed by atoms with Crippen LogP contribution in [0.25, 0.3) is 0 Å². The van der Waals surface area contributed by atoms with Gasteiger partial charge in [-0.05, 0) is 36.5 Å². The minimum atomic E-state index is -1.82. The van der Waals surface area contributed by atoms with Crippen LogP contribution in [0.2, 0.25) is 0 Å². The third kappa shape index (κ3) is 7.67. The van der Waals surface area contributed by atoms with Gasteiger partial charge in [-0.2, -0.15) is 0 Å². The van der Waals surface area contributed by atoms with Crippen LogP contribution in [0.5, 0.6) is 0 Å². The lowest BCUT2D eigenvalue weighted by molar-refractivity contribution is -0.159. The van der Waals surface area contributed by atoms with Crippen molar-refractivity contribution in [2.75, 3.05) is 13.1 Å². The van der Waals surface area contributed by atoms with Crippen LogP contribution in [-0.2, 0) is 27.4 Å². The zero-order valence-electron chi connectivity index (χ0n) is 17.3. The number of aliphatic imine (C=N–C) groups is 1. The highest BCUT2D eigenvalue weighted by atomic mass is 16.5. The molecule has 0 aliphatic carbocycles. The molecular weight excluding hydrogens is 384 g/mol. The Hall–Kier alpha value is -3.19. The van der Waals surface area contributed by atoms with E-state index in [9.17, 15) is 0 Å². The summed E-state index contributed by atoms with van der Waals surface area (Å²) in [5, 5.41) is 18.1. The van der Waals surface area contributed by atoms with Crippen LogP contribution in [0.1, 0.15) is 42.5 Å². The second kappa shape index (κ2) is 11.7. The first-order valence-corrected chi connectivity index (χ1v) is 9.92. The maximum Gasteiger partial charge on any atom is 0.414 e. The molecule has 2 aromatic rings. The van der Waals surface area contributed by atoms with Crippen molar-refractivity contribution in [2.45, 2.75) is 39.4 Å². The Kier molecular flexibility index (Phi) is 9.03. The molecule has 0 bridgehead atoms. The summed E-state index contributed by atoms with van der Waals surface area (Å²) < 4.78 is 5.78. The van der Waals surface area contributed by atoms with Crippen molar-refractivity contribution in [3.63, 3.8) is 0 Å². The fraction of sp³-hybridized carbons (Fsp3) is 0.348. The Bertz CT molecular complexity index is 848. The number of hydrogen-bond donors (Lipinski definition) is 3. The van der Waals surface area contributed by atoms with E-state index in [2.05, 4.69) is 72.7 Å². The first kappa shape index (κ1) is 23.1. The molecule has 0 spiro atoms. The number of carbonyl (C=O) groups is 2. The summed E-state index contributed by atoms with van der Waals surface area (Å²) >= 11 is 0. The molecule has 3 N–H and O–H groups in total. The van der Waals surface area contributed by atoms with Gasteiger partial charge in [0.1, 0.15) is 5.84 Å². The molecule has 1 unspecified atom stereocenters. The summed E-state index contributed by atoms with van der Waals surface area (Å²) in [5.41, 5.74) is 5.06. The summed E-state index contributed by atoms with van der Waals surface area (Å²) in [6.45, 7) is 6.78. The average Bonchev–Trinajstić information content (AvgIpc) is 3.29. The summed E-state index contributed by atoms with van der Waals surface area (Å²) in [6, 6.07) is 17.4. The number of benzene rings is 2. The standard InChI is InChI=1S/C21H26N2O.C2H2O4/c1-3-16(2)24-15-19-6-4-17(5-7-19)14-18-8-10-20(11-9-18)21-22-12-13-23-21;3-1(4)2(5)6/h4-11,16H,3,12-15H2,1-2H3,(H,22,23);(H,3,4)(H,5,6). The summed E-state index contributed by atoms with van der Waals surface area (Å²) in [6.07, 6.45) is 2.32. The van der Waals surface area contributed by atoms with Gasteiger partial charge in [0.25, 0.3) is 0 Å². The molecule has 0 saturated carbocycles. The number of ether oxygens (including phenoxy) is 1. The van der Waals surface area contributed by atoms with Gasteiger partial charge in [-0.25, -0.2) is 9.59 Å². The molecule has 30 heavy (non-hydrogen) atoms. The van der Waals surface area contributed by atoms with Crippen LogP contribution in [0, 0.1) is 0 Å². The number of amidine groups is 1. The Labute approximate surface area is 176 Å². The number of nitrogens with zero attached hydrogens (tertiary/aromatic N) is 1. The highest BCUT2D eigenvalue weighted by Gasteiger charge is 2.07. The van der Waals surface area contributed by atoms with E-state index in [1.165, 1.54) is 22.3 Å². The van der Waals surface area contributed by atoms with Crippen LogP contribution < -0.4 is 5.32 Å². The molecule has 1 heterocycles. The van der Waals surface area contributed by atoms with Gasteiger partial charge in [-0.3, -0.25) is 4.99 Å². The van der Waals surface area contributed by atoms with Gasteiger partial charge < -0.3 is 20.3 Å². The van der Waals surface area contributed by atoms with Gasteiger partial charge >= 0.3 is 11.9 Å². The molecular formula is C23H28N2O5. The third-order valence-electron chi connectivity index (χ3n) is 4.63. The molecule has 160 valence electrons. The van der Waals surface area contributed by atoms with E-state index in [1.54, 1.807) is 0 Å². The molecule has 0 saturated heterocycles. The minimum Gasteiger partial charge on any atom is -0.473 e. The lowest BCUT2D eigenvalue weighted by Gasteiger charge is -2.11. The number of rotatable bonds is 7. The predicted octanol–water partition coefficient (Wildman–Crippen LogP) is 3.10. The molecule has 0 radical (unpaired) electrons. The van der Waals surface area contributed by atoms with E-state index < -0.39 is 11.9 Å². The highest BCUT2D eigenvalue weighted by molar-refractivity contribution is 6.27. The van der Waals surface area contributed by atoms with Crippen LogP contribution in [0.4, 0.5) is 0 Å². The Morgan fingerprint density at radius 1 is 1.00 bits per heavy atom. The fourth-order valence-electron chi connectivity index (χ4n) is 2.72. The monoisotopic (exact) mass is 412 g/mol. The smallest absolute Gasteiger partial charge is 0.414 e. The van der Waals surface area contributed by atoms with Gasteiger partial charge in [-0.1, -0.05) is 55.5 Å². The number of carboxylic acids is 2. The van der Waals surface area contributed by atoms with Crippen LogP contribution in [-0.4, -0.2) is 47.2 Å². The predicted molar refractivity (Wildman–Crippen MR) is 115 cm³/mol.